The zero-order chi connectivity index (χ0) is 21.3. The van der Waals surface area contributed by atoms with Gasteiger partial charge in [-0.1, -0.05) is 11.6 Å². The minimum Gasteiger partial charge on any atom is -0.351 e. The van der Waals surface area contributed by atoms with Gasteiger partial charge in [-0.05, 0) is 38.1 Å². The molecule has 2 amide bonds. The average molecular weight is 446 g/mol. The van der Waals surface area contributed by atoms with Crippen LogP contribution in [-0.2, 0) is 13.0 Å². The molecule has 1 aromatic carbocycles. The van der Waals surface area contributed by atoms with Crippen molar-refractivity contribution in [3.05, 3.63) is 50.6 Å². The second-order valence-electron chi connectivity index (χ2n) is 7.63. The van der Waals surface area contributed by atoms with Gasteiger partial charge in [0.25, 0.3) is 11.8 Å². The zero-order valence-corrected chi connectivity index (χ0v) is 18.5. The number of amides is 2. The molecule has 0 saturated heterocycles. The van der Waals surface area contributed by atoms with Gasteiger partial charge in [-0.15, -0.1) is 11.3 Å². The number of hydrogen-bond acceptors (Lipinski definition) is 5. The Kier molecular flexibility index (Phi) is 6.08. The van der Waals surface area contributed by atoms with Crippen LogP contribution in [0.1, 0.15) is 44.7 Å². The maximum Gasteiger partial charge on any atom is 0.280 e. The van der Waals surface area contributed by atoms with Gasteiger partial charge in [0.05, 0.1) is 5.69 Å². The monoisotopic (exact) mass is 445 g/mol. The number of hydrogen-bond donors (Lipinski definition) is 3. The highest BCUT2D eigenvalue weighted by molar-refractivity contribution is 7.13. The Labute approximate surface area is 183 Å². The molecule has 2 aromatic heterocycles. The summed E-state index contributed by atoms with van der Waals surface area (Å²) in [4.78, 5) is 35.9. The first kappa shape index (κ1) is 20.8. The summed E-state index contributed by atoms with van der Waals surface area (Å²) >= 11 is 7.44. The van der Waals surface area contributed by atoms with Crippen LogP contribution in [0.4, 0.5) is 0 Å². The van der Waals surface area contributed by atoms with Crippen molar-refractivity contribution < 1.29 is 9.59 Å². The Morgan fingerprint density at radius 3 is 2.77 bits per heavy atom. The van der Waals surface area contributed by atoms with Crippen molar-refractivity contribution in [1.29, 1.82) is 0 Å². The van der Waals surface area contributed by atoms with Crippen LogP contribution in [0.5, 0.6) is 0 Å². The number of benzene rings is 1. The molecule has 0 unspecified atom stereocenters. The smallest absolute Gasteiger partial charge is 0.280 e. The quantitative estimate of drug-likeness (QED) is 0.508. The predicted molar refractivity (Wildman–Crippen MR) is 119 cm³/mol. The van der Waals surface area contributed by atoms with Gasteiger partial charge < -0.3 is 15.6 Å². The lowest BCUT2D eigenvalue weighted by molar-refractivity contribution is 0.0925. The van der Waals surface area contributed by atoms with Gasteiger partial charge in [0.2, 0.25) is 0 Å². The first-order chi connectivity index (χ1) is 14.4. The lowest BCUT2D eigenvalue weighted by Gasteiger charge is -2.29. The number of H-pyrrole nitrogens is 1. The van der Waals surface area contributed by atoms with E-state index in [-0.39, 0.29) is 11.8 Å². The van der Waals surface area contributed by atoms with Crippen molar-refractivity contribution in [2.75, 3.05) is 19.6 Å². The summed E-state index contributed by atoms with van der Waals surface area (Å²) in [6.45, 7) is 6.84. The van der Waals surface area contributed by atoms with Gasteiger partial charge in [-0.25, -0.2) is 4.98 Å². The molecule has 0 atom stereocenters. The van der Waals surface area contributed by atoms with E-state index in [9.17, 15) is 9.59 Å². The first-order valence-electron chi connectivity index (χ1n) is 9.98. The molecule has 4 rings (SSSR count). The highest BCUT2D eigenvalue weighted by Crippen LogP contribution is 2.26. The van der Waals surface area contributed by atoms with E-state index >= 15 is 0 Å². The van der Waals surface area contributed by atoms with Crippen molar-refractivity contribution >= 4 is 45.7 Å². The van der Waals surface area contributed by atoms with Gasteiger partial charge >= 0.3 is 0 Å². The molecule has 0 spiro atoms. The van der Waals surface area contributed by atoms with E-state index < -0.39 is 0 Å². The summed E-state index contributed by atoms with van der Waals surface area (Å²) < 4.78 is 0. The van der Waals surface area contributed by atoms with Crippen LogP contribution in [0.15, 0.2) is 24.3 Å². The Morgan fingerprint density at radius 2 is 2.00 bits per heavy atom. The van der Waals surface area contributed by atoms with E-state index in [2.05, 4.69) is 39.3 Å². The number of thiazole rings is 1. The SMILES string of the molecule is CC(C)N1CCc2nc(C(=O)NCCNC(=O)c3cc4cc(Cl)ccc4[nH]3)sc2C1. The van der Waals surface area contributed by atoms with Crippen molar-refractivity contribution in [3.63, 3.8) is 0 Å². The van der Waals surface area contributed by atoms with Gasteiger partial charge in [-0.3, -0.25) is 14.5 Å². The molecule has 3 heterocycles. The molecule has 1 aliphatic heterocycles. The van der Waals surface area contributed by atoms with Gasteiger partial charge in [0.1, 0.15) is 5.69 Å². The van der Waals surface area contributed by atoms with Crippen molar-refractivity contribution in [2.45, 2.75) is 32.9 Å². The maximum atomic E-state index is 12.4. The van der Waals surface area contributed by atoms with Crippen molar-refractivity contribution in [3.8, 4) is 0 Å². The van der Waals surface area contributed by atoms with E-state index in [0.717, 1.165) is 36.1 Å². The molecule has 7 nitrogen and oxygen atoms in total. The van der Waals surface area contributed by atoms with Gasteiger partial charge in [-0.2, -0.15) is 0 Å². The molecule has 9 heteroatoms. The van der Waals surface area contributed by atoms with E-state index in [4.69, 9.17) is 11.6 Å². The van der Waals surface area contributed by atoms with Gasteiger partial charge in [0.15, 0.2) is 5.01 Å². The summed E-state index contributed by atoms with van der Waals surface area (Å²) in [6.07, 6.45) is 0.878. The molecule has 1 aliphatic rings. The summed E-state index contributed by atoms with van der Waals surface area (Å²) in [6, 6.07) is 7.65. The van der Waals surface area contributed by atoms with E-state index in [1.165, 1.54) is 16.2 Å². The normalized spacial score (nSPS) is 14.1. The number of carbonyl (C=O) groups is 2. The largest absolute Gasteiger partial charge is 0.351 e. The van der Waals surface area contributed by atoms with E-state index in [1.807, 2.05) is 6.07 Å². The molecular formula is C21H24ClN5O2S. The molecular weight excluding hydrogens is 422 g/mol. The molecule has 0 bridgehead atoms. The summed E-state index contributed by atoms with van der Waals surface area (Å²) in [5.41, 5.74) is 2.34. The van der Waals surface area contributed by atoms with E-state index in [1.54, 1.807) is 18.2 Å². The molecule has 0 fully saturated rings. The number of fused-ring (bicyclic) bond motifs is 2. The van der Waals surface area contributed by atoms with Crippen LogP contribution in [0.2, 0.25) is 5.02 Å². The standard InChI is InChI=1S/C21H24ClN5O2S/c1-12(2)27-8-5-16-18(11-27)30-21(26-16)20(29)24-7-6-23-19(28)17-10-13-9-14(22)3-4-15(13)25-17/h3-4,9-10,12,25H,5-8,11H2,1-2H3,(H,23,28)(H,24,29). The fraction of sp³-hybridized carbons (Fsp3) is 0.381. The summed E-state index contributed by atoms with van der Waals surface area (Å²) in [5.74, 6) is -0.421. The molecule has 30 heavy (non-hydrogen) atoms. The van der Waals surface area contributed by atoms with Crippen LogP contribution in [0, 0.1) is 0 Å². The maximum absolute atomic E-state index is 12.4. The molecule has 0 aliphatic carbocycles. The highest BCUT2D eigenvalue weighted by atomic mass is 35.5. The Morgan fingerprint density at radius 1 is 1.23 bits per heavy atom. The predicted octanol–water partition coefficient (Wildman–Crippen LogP) is 3.20. The van der Waals surface area contributed by atoms with Crippen molar-refractivity contribution in [1.82, 2.24) is 25.5 Å². The third-order valence-corrected chi connectivity index (χ3v) is 6.53. The fourth-order valence-electron chi connectivity index (χ4n) is 3.50. The number of nitrogens with one attached hydrogen (secondary N) is 3. The Balaban J connectivity index is 1.27. The topological polar surface area (TPSA) is 90.1 Å². The molecule has 0 radical (unpaired) electrons. The highest BCUT2D eigenvalue weighted by Gasteiger charge is 2.24. The fourth-order valence-corrected chi connectivity index (χ4v) is 4.73. The average Bonchev–Trinajstić information content (AvgIpc) is 3.33. The second-order valence-corrected chi connectivity index (χ2v) is 9.15. The van der Waals surface area contributed by atoms with Crippen LogP contribution in [0.3, 0.4) is 0 Å². The first-order valence-corrected chi connectivity index (χ1v) is 11.2. The molecule has 3 aromatic rings. The number of aromatic nitrogens is 2. The molecule has 3 N–H and O–H groups in total. The van der Waals surface area contributed by atoms with Crippen LogP contribution < -0.4 is 10.6 Å². The van der Waals surface area contributed by atoms with Crippen LogP contribution in [-0.4, -0.2) is 52.4 Å². The number of rotatable bonds is 6. The third kappa shape index (κ3) is 4.50. The number of aromatic amines is 1. The lowest BCUT2D eigenvalue weighted by Crippen LogP contribution is -2.35. The van der Waals surface area contributed by atoms with Gasteiger partial charge in [0, 0.05) is 59.4 Å². The minimum atomic E-state index is -0.227. The molecule has 158 valence electrons. The molecule has 0 saturated carbocycles. The van der Waals surface area contributed by atoms with Crippen LogP contribution >= 0.6 is 22.9 Å². The number of carbonyl (C=O) groups excluding carboxylic acids is 2. The summed E-state index contributed by atoms with van der Waals surface area (Å²) in [7, 11) is 0. The lowest BCUT2D eigenvalue weighted by atomic mass is 10.1. The Bertz CT molecular complexity index is 1090. The van der Waals surface area contributed by atoms with Crippen molar-refractivity contribution in [2.24, 2.45) is 0 Å². The Hall–Kier alpha value is -2.42. The second kappa shape index (κ2) is 8.75. The summed E-state index contributed by atoms with van der Waals surface area (Å²) in [5, 5.41) is 7.63. The zero-order valence-electron chi connectivity index (χ0n) is 16.9. The minimum absolute atomic E-state index is 0.194. The number of halogens is 1. The number of nitrogens with zero attached hydrogens (tertiary/aromatic N) is 2. The third-order valence-electron chi connectivity index (χ3n) is 5.21. The van der Waals surface area contributed by atoms with Crippen LogP contribution in [0.25, 0.3) is 10.9 Å². The van der Waals surface area contributed by atoms with E-state index in [0.29, 0.717) is 34.9 Å².